The molecule has 1 fully saturated rings. The molecule has 4 heterocycles. The van der Waals surface area contributed by atoms with E-state index in [2.05, 4.69) is 16.8 Å². The predicted octanol–water partition coefficient (Wildman–Crippen LogP) is 3.78. The molecule has 4 aromatic rings. The zero-order chi connectivity index (χ0) is 22.6. The number of benzene rings is 2. The first-order valence-corrected chi connectivity index (χ1v) is 12.5. The van der Waals surface area contributed by atoms with Gasteiger partial charge >= 0.3 is 0 Å². The van der Waals surface area contributed by atoms with Crippen LogP contribution in [0.1, 0.15) is 11.3 Å². The molecule has 2 aliphatic rings. The van der Waals surface area contributed by atoms with Crippen LogP contribution in [-0.4, -0.2) is 55.4 Å². The summed E-state index contributed by atoms with van der Waals surface area (Å²) in [7, 11) is -1.51. The highest BCUT2D eigenvalue weighted by molar-refractivity contribution is 7.90. The summed E-state index contributed by atoms with van der Waals surface area (Å²) < 4.78 is 39.9. The van der Waals surface area contributed by atoms with E-state index in [-0.39, 0.29) is 0 Å². The molecule has 0 atom stereocenters. The number of nitrogens with zero attached hydrogens (tertiary/aromatic N) is 3. The largest absolute Gasteiger partial charge is 0.486 e. The Kier molecular flexibility index (Phi) is 4.83. The molecule has 8 heteroatoms. The van der Waals surface area contributed by atoms with Gasteiger partial charge < -0.3 is 14.1 Å². The highest BCUT2D eigenvalue weighted by atomic mass is 32.2. The molecule has 33 heavy (non-hydrogen) atoms. The normalized spacial score (nSPS) is 17.8. The molecule has 6 rings (SSSR count). The number of hydrogen-bond acceptors (Lipinski definition) is 6. The van der Waals surface area contributed by atoms with E-state index in [1.807, 2.05) is 42.5 Å². The summed E-state index contributed by atoms with van der Waals surface area (Å²) >= 11 is 0. The van der Waals surface area contributed by atoms with Crippen molar-refractivity contribution in [3.8, 4) is 17.0 Å². The lowest BCUT2D eigenvalue weighted by molar-refractivity contribution is 0.148. The molecular weight excluding hydrogens is 438 g/mol. The maximum absolute atomic E-state index is 13.5. The second-order valence-corrected chi connectivity index (χ2v) is 10.5. The van der Waals surface area contributed by atoms with Crippen molar-refractivity contribution >= 4 is 20.9 Å². The van der Waals surface area contributed by atoms with Crippen LogP contribution in [0.3, 0.4) is 0 Å². The van der Waals surface area contributed by atoms with Crippen molar-refractivity contribution in [2.24, 2.45) is 0 Å². The van der Waals surface area contributed by atoms with Gasteiger partial charge in [0.1, 0.15) is 18.1 Å². The van der Waals surface area contributed by atoms with Gasteiger partial charge in [0, 0.05) is 49.2 Å². The summed E-state index contributed by atoms with van der Waals surface area (Å²) in [5.74, 6) is 1.43. The third-order valence-corrected chi connectivity index (χ3v) is 8.37. The molecule has 2 aromatic heterocycles. The summed E-state index contributed by atoms with van der Waals surface area (Å²) in [6.45, 7) is 4.91. The van der Waals surface area contributed by atoms with Crippen LogP contribution in [-0.2, 0) is 23.2 Å². The highest BCUT2D eigenvalue weighted by Crippen LogP contribution is 2.46. The first-order valence-electron chi connectivity index (χ1n) is 11.1. The van der Waals surface area contributed by atoms with Crippen molar-refractivity contribution in [1.29, 1.82) is 0 Å². The number of piperazine rings is 1. The van der Waals surface area contributed by atoms with Crippen LogP contribution < -0.4 is 4.74 Å². The number of rotatable bonds is 5. The first kappa shape index (κ1) is 20.5. The van der Waals surface area contributed by atoms with E-state index in [9.17, 15) is 8.42 Å². The molecular formula is C25H25N3O4S. The summed E-state index contributed by atoms with van der Waals surface area (Å²) in [5.41, 5.74) is 3.28. The highest BCUT2D eigenvalue weighted by Gasteiger charge is 2.37. The van der Waals surface area contributed by atoms with Crippen molar-refractivity contribution in [2.75, 3.05) is 33.2 Å². The van der Waals surface area contributed by atoms with Crippen molar-refractivity contribution in [2.45, 2.75) is 18.0 Å². The third-order valence-electron chi connectivity index (χ3n) is 6.60. The fourth-order valence-corrected chi connectivity index (χ4v) is 6.60. The third kappa shape index (κ3) is 3.37. The molecule has 0 amide bonds. The molecule has 2 aliphatic heterocycles. The van der Waals surface area contributed by atoms with Crippen molar-refractivity contribution in [3.05, 3.63) is 72.2 Å². The second kappa shape index (κ2) is 7.76. The monoisotopic (exact) mass is 463 g/mol. The Morgan fingerprint density at radius 1 is 1.00 bits per heavy atom. The Morgan fingerprint density at radius 2 is 1.82 bits per heavy atom. The van der Waals surface area contributed by atoms with Crippen LogP contribution in [0, 0.1) is 0 Å². The standard InChI is InChI=1S/C25H25N3O4S/c1-26-10-12-27(13-11-26)16-22-21-15-18(32-17-19-5-4-14-31-19)8-9-23(21)28-25(22)20-6-2-3-7-24(20)33(28,29)30/h2-9,14-15H,10-13,16-17H2,1H3. The maximum Gasteiger partial charge on any atom is 0.269 e. The van der Waals surface area contributed by atoms with Crippen LogP contribution in [0.15, 0.2) is 70.2 Å². The molecule has 0 bridgehead atoms. The van der Waals surface area contributed by atoms with Crippen molar-refractivity contribution in [3.63, 3.8) is 0 Å². The maximum atomic E-state index is 13.5. The van der Waals surface area contributed by atoms with Gasteiger partial charge in [-0.15, -0.1) is 0 Å². The molecule has 0 unspecified atom stereocenters. The second-order valence-electron chi connectivity index (χ2n) is 8.72. The number of aromatic nitrogens is 1. The number of fused-ring (bicyclic) bond motifs is 5. The lowest BCUT2D eigenvalue weighted by Gasteiger charge is -2.32. The summed E-state index contributed by atoms with van der Waals surface area (Å²) in [6.07, 6.45) is 1.62. The van der Waals surface area contributed by atoms with Gasteiger partial charge in [0.2, 0.25) is 0 Å². The molecule has 0 saturated carbocycles. The molecule has 0 spiro atoms. The van der Waals surface area contributed by atoms with Crippen molar-refractivity contribution < 1.29 is 17.6 Å². The molecule has 0 aliphatic carbocycles. The van der Waals surface area contributed by atoms with Crippen LogP contribution >= 0.6 is 0 Å². The summed E-state index contributed by atoms with van der Waals surface area (Å²) in [4.78, 5) is 5.10. The summed E-state index contributed by atoms with van der Waals surface area (Å²) in [6, 6.07) is 16.6. The topological polar surface area (TPSA) is 67.9 Å². The molecule has 0 N–H and O–H groups in total. The lowest BCUT2D eigenvalue weighted by Crippen LogP contribution is -2.43. The average molecular weight is 464 g/mol. The fourth-order valence-electron chi connectivity index (χ4n) is 4.84. The Bertz CT molecular complexity index is 1430. The van der Waals surface area contributed by atoms with Gasteiger partial charge in [-0.2, -0.15) is 0 Å². The molecule has 7 nitrogen and oxygen atoms in total. The van der Waals surface area contributed by atoms with E-state index in [0.29, 0.717) is 29.3 Å². The smallest absolute Gasteiger partial charge is 0.269 e. The van der Waals surface area contributed by atoms with Crippen LogP contribution in [0.2, 0.25) is 0 Å². The Balaban J connectivity index is 1.48. The Labute approximate surface area is 192 Å². The van der Waals surface area contributed by atoms with Gasteiger partial charge in [-0.25, -0.2) is 12.4 Å². The summed E-state index contributed by atoms with van der Waals surface area (Å²) in [5, 5.41) is 0.916. The van der Waals surface area contributed by atoms with Gasteiger partial charge in [0.25, 0.3) is 10.0 Å². The molecule has 170 valence electrons. The fraction of sp³-hybridized carbons (Fsp3) is 0.280. The Hall–Kier alpha value is -3.07. The average Bonchev–Trinajstić information content (AvgIpc) is 3.50. The number of hydrogen-bond donors (Lipinski definition) is 0. The van der Waals surface area contributed by atoms with E-state index < -0.39 is 10.0 Å². The number of ether oxygens (including phenoxy) is 1. The van der Waals surface area contributed by atoms with Gasteiger partial charge in [-0.1, -0.05) is 18.2 Å². The van der Waals surface area contributed by atoms with Gasteiger partial charge in [-0.05, 0) is 43.4 Å². The molecule has 0 radical (unpaired) electrons. The van der Waals surface area contributed by atoms with Crippen LogP contribution in [0.4, 0.5) is 0 Å². The Morgan fingerprint density at radius 3 is 2.61 bits per heavy atom. The minimum atomic E-state index is -3.65. The minimum absolute atomic E-state index is 0.320. The quantitative estimate of drug-likeness (QED) is 0.395. The lowest BCUT2D eigenvalue weighted by atomic mass is 10.0. The van der Waals surface area contributed by atoms with Gasteiger partial charge in [-0.3, -0.25) is 4.90 Å². The van der Waals surface area contributed by atoms with E-state index in [1.165, 1.54) is 3.97 Å². The minimum Gasteiger partial charge on any atom is -0.486 e. The van der Waals surface area contributed by atoms with Crippen LogP contribution in [0.25, 0.3) is 22.2 Å². The first-order chi connectivity index (χ1) is 16.0. The predicted molar refractivity (Wildman–Crippen MR) is 126 cm³/mol. The van der Waals surface area contributed by atoms with E-state index in [0.717, 1.165) is 54.1 Å². The van der Waals surface area contributed by atoms with Crippen molar-refractivity contribution in [1.82, 2.24) is 13.8 Å². The number of furan rings is 1. The van der Waals surface area contributed by atoms with Gasteiger partial charge in [0.05, 0.1) is 22.4 Å². The molecule has 1 saturated heterocycles. The zero-order valence-electron chi connectivity index (χ0n) is 18.4. The molecule has 2 aromatic carbocycles. The van der Waals surface area contributed by atoms with E-state index in [1.54, 1.807) is 18.4 Å². The number of likely N-dealkylation sites (N-methyl/N-ethyl adjacent to an activating group) is 1. The van der Waals surface area contributed by atoms with E-state index >= 15 is 0 Å². The van der Waals surface area contributed by atoms with E-state index in [4.69, 9.17) is 9.15 Å². The zero-order valence-corrected chi connectivity index (χ0v) is 19.2. The van der Waals surface area contributed by atoms with Gasteiger partial charge in [0.15, 0.2) is 0 Å². The SMILES string of the molecule is CN1CCN(Cc2c3n(c4ccc(OCc5ccco5)cc24)S(=O)(=O)c2ccccc2-3)CC1. The van der Waals surface area contributed by atoms with Crippen LogP contribution in [0.5, 0.6) is 5.75 Å².